The van der Waals surface area contributed by atoms with Crippen molar-refractivity contribution in [1.29, 1.82) is 0 Å². The fourth-order valence-corrected chi connectivity index (χ4v) is 2.60. The number of amides is 1. The molecule has 0 fully saturated rings. The number of halogens is 1. The minimum atomic E-state index is -0.881. The summed E-state index contributed by atoms with van der Waals surface area (Å²) >= 11 is 3.35. The summed E-state index contributed by atoms with van der Waals surface area (Å²) < 4.78 is 11.6. The van der Waals surface area contributed by atoms with E-state index < -0.39 is 12.1 Å². The van der Waals surface area contributed by atoms with Crippen molar-refractivity contribution in [3.8, 4) is 5.75 Å². The first kappa shape index (κ1) is 20.0. The normalized spacial score (nSPS) is 11.5. The van der Waals surface area contributed by atoms with E-state index in [-0.39, 0.29) is 18.9 Å². The van der Waals surface area contributed by atoms with Crippen LogP contribution in [0.1, 0.15) is 24.5 Å². The number of anilines is 1. The first-order valence-electron chi connectivity index (χ1n) is 8.31. The van der Waals surface area contributed by atoms with Crippen LogP contribution in [0.25, 0.3) is 0 Å². The second kappa shape index (κ2) is 9.38. The average Bonchev–Trinajstić information content (AvgIpc) is 2.58. The van der Waals surface area contributed by atoms with Crippen LogP contribution in [-0.2, 0) is 14.3 Å². The summed E-state index contributed by atoms with van der Waals surface area (Å²) in [6.07, 6.45) is -0.818. The highest BCUT2D eigenvalue weighted by Gasteiger charge is 2.18. The minimum absolute atomic E-state index is 0.0631. The molecule has 0 heterocycles. The van der Waals surface area contributed by atoms with Crippen molar-refractivity contribution in [2.24, 2.45) is 0 Å². The van der Waals surface area contributed by atoms with Crippen molar-refractivity contribution in [2.45, 2.75) is 33.3 Å². The number of esters is 1. The third-order valence-corrected chi connectivity index (χ3v) is 4.19. The Labute approximate surface area is 161 Å². The topological polar surface area (TPSA) is 64.6 Å². The number of nitrogens with one attached hydrogen (secondary N) is 1. The van der Waals surface area contributed by atoms with Crippen LogP contribution < -0.4 is 10.1 Å². The maximum absolute atomic E-state index is 12.2. The molecule has 0 bridgehead atoms. The van der Waals surface area contributed by atoms with E-state index in [1.807, 2.05) is 50.2 Å². The molecule has 2 aromatic rings. The van der Waals surface area contributed by atoms with Crippen LogP contribution in [0.15, 0.2) is 46.9 Å². The van der Waals surface area contributed by atoms with Crippen LogP contribution >= 0.6 is 15.9 Å². The predicted octanol–water partition coefficient (Wildman–Crippen LogP) is 4.41. The monoisotopic (exact) mass is 419 g/mol. The summed E-state index contributed by atoms with van der Waals surface area (Å²) in [7, 11) is 0. The molecular weight excluding hydrogens is 398 g/mol. The van der Waals surface area contributed by atoms with Gasteiger partial charge in [0.25, 0.3) is 5.91 Å². The van der Waals surface area contributed by atoms with E-state index in [2.05, 4.69) is 21.2 Å². The van der Waals surface area contributed by atoms with E-state index in [0.29, 0.717) is 5.75 Å². The van der Waals surface area contributed by atoms with Gasteiger partial charge in [0.15, 0.2) is 6.10 Å². The molecule has 6 heteroatoms. The van der Waals surface area contributed by atoms with E-state index in [1.54, 1.807) is 13.0 Å². The van der Waals surface area contributed by atoms with Gasteiger partial charge in [0, 0.05) is 10.2 Å². The second-order valence-electron chi connectivity index (χ2n) is 6.00. The summed E-state index contributed by atoms with van der Waals surface area (Å²) in [5.41, 5.74) is 2.71. The smallest absolute Gasteiger partial charge is 0.310 e. The van der Waals surface area contributed by atoms with Gasteiger partial charge in [0.1, 0.15) is 5.75 Å². The predicted molar refractivity (Wildman–Crippen MR) is 104 cm³/mol. The van der Waals surface area contributed by atoms with Crippen molar-refractivity contribution in [2.75, 3.05) is 11.9 Å². The fraction of sp³-hybridized carbons (Fsp3) is 0.300. The Morgan fingerprint density at radius 3 is 2.65 bits per heavy atom. The molecule has 0 saturated carbocycles. The van der Waals surface area contributed by atoms with Gasteiger partial charge in [-0.15, -0.1) is 0 Å². The molecule has 0 unspecified atom stereocenters. The number of ether oxygens (including phenoxy) is 2. The maximum Gasteiger partial charge on any atom is 0.310 e. The van der Waals surface area contributed by atoms with Crippen LogP contribution in [0.5, 0.6) is 5.75 Å². The number of rotatable bonds is 7. The van der Waals surface area contributed by atoms with Gasteiger partial charge in [0.2, 0.25) is 0 Å². The lowest BCUT2D eigenvalue weighted by molar-refractivity contribution is -0.153. The lowest BCUT2D eigenvalue weighted by Crippen LogP contribution is -2.30. The molecule has 0 aliphatic heterocycles. The molecule has 0 aliphatic carbocycles. The van der Waals surface area contributed by atoms with Crippen LogP contribution in [-0.4, -0.2) is 24.6 Å². The molecule has 2 rings (SSSR count). The zero-order valence-corrected chi connectivity index (χ0v) is 16.6. The van der Waals surface area contributed by atoms with E-state index in [9.17, 15) is 9.59 Å². The minimum Gasteiger partial charge on any atom is -0.493 e. The van der Waals surface area contributed by atoms with Crippen molar-refractivity contribution >= 4 is 33.5 Å². The molecule has 0 aliphatic rings. The van der Waals surface area contributed by atoms with Crippen molar-refractivity contribution in [3.63, 3.8) is 0 Å². The number of hydrogen-bond donors (Lipinski definition) is 1. The van der Waals surface area contributed by atoms with Crippen LogP contribution in [0.2, 0.25) is 0 Å². The van der Waals surface area contributed by atoms with Gasteiger partial charge in [-0.25, -0.2) is 0 Å². The molecule has 0 saturated heterocycles. The molecule has 26 heavy (non-hydrogen) atoms. The van der Waals surface area contributed by atoms with Gasteiger partial charge < -0.3 is 14.8 Å². The Kier molecular flexibility index (Phi) is 7.21. The fourth-order valence-electron chi connectivity index (χ4n) is 2.22. The Morgan fingerprint density at radius 1 is 1.15 bits per heavy atom. The maximum atomic E-state index is 12.2. The Morgan fingerprint density at radius 2 is 1.92 bits per heavy atom. The molecule has 5 nitrogen and oxygen atoms in total. The Balaban J connectivity index is 1.78. The summed E-state index contributed by atoms with van der Waals surface area (Å²) in [5.74, 6) is -0.184. The first-order valence-corrected chi connectivity index (χ1v) is 9.10. The van der Waals surface area contributed by atoms with E-state index in [0.717, 1.165) is 21.3 Å². The number of carbonyl (C=O) groups is 2. The standard InChI is InChI=1S/C20H22BrNO4/c1-13-7-8-14(2)18(11-13)22-20(24)15(3)26-19(23)9-10-25-17-6-4-5-16(21)12-17/h4-8,11-12,15H,9-10H2,1-3H3,(H,22,24)/t15-/m0/s1. The zero-order chi connectivity index (χ0) is 19.1. The van der Waals surface area contributed by atoms with Crippen molar-refractivity contribution < 1.29 is 19.1 Å². The molecule has 1 N–H and O–H groups in total. The Bertz CT molecular complexity index is 791. The molecule has 0 spiro atoms. The van der Waals surface area contributed by atoms with Gasteiger partial charge in [-0.1, -0.05) is 34.1 Å². The molecule has 0 aromatic heterocycles. The van der Waals surface area contributed by atoms with Gasteiger partial charge in [-0.05, 0) is 56.2 Å². The van der Waals surface area contributed by atoms with E-state index in [1.165, 1.54) is 0 Å². The summed E-state index contributed by atoms with van der Waals surface area (Å²) in [5, 5.41) is 2.79. The third-order valence-electron chi connectivity index (χ3n) is 3.70. The summed E-state index contributed by atoms with van der Waals surface area (Å²) in [4.78, 5) is 24.1. The molecule has 2 aromatic carbocycles. The highest BCUT2D eigenvalue weighted by molar-refractivity contribution is 9.10. The lowest BCUT2D eigenvalue weighted by Gasteiger charge is -2.15. The van der Waals surface area contributed by atoms with Gasteiger partial charge in [-0.3, -0.25) is 9.59 Å². The number of hydrogen-bond acceptors (Lipinski definition) is 4. The average molecular weight is 420 g/mol. The highest BCUT2D eigenvalue weighted by Crippen LogP contribution is 2.18. The highest BCUT2D eigenvalue weighted by atomic mass is 79.9. The summed E-state index contributed by atoms with van der Waals surface area (Å²) in [6.45, 7) is 5.59. The second-order valence-corrected chi connectivity index (χ2v) is 6.91. The van der Waals surface area contributed by atoms with Crippen LogP contribution in [0.4, 0.5) is 5.69 Å². The zero-order valence-electron chi connectivity index (χ0n) is 15.0. The number of aryl methyl sites for hydroxylation is 2. The number of benzene rings is 2. The van der Waals surface area contributed by atoms with Gasteiger partial charge in [-0.2, -0.15) is 0 Å². The Hall–Kier alpha value is -2.34. The first-order chi connectivity index (χ1) is 12.3. The SMILES string of the molecule is Cc1ccc(C)c(NC(=O)[C@H](C)OC(=O)CCOc2cccc(Br)c2)c1. The quantitative estimate of drug-likeness (QED) is 0.675. The van der Waals surface area contributed by atoms with Crippen LogP contribution in [0.3, 0.4) is 0 Å². The lowest BCUT2D eigenvalue weighted by atomic mass is 10.1. The molecule has 0 radical (unpaired) electrons. The third kappa shape index (κ3) is 6.19. The largest absolute Gasteiger partial charge is 0.493 e. The van der Waals surface area contributed by atoms with Gasteiger partial charge >= 0.3 is 5.97 Å². The van der Waals surface area contributed by atoms with E-state index in [4.69, 9.17) is 9.47 Å². The van der Waals surface area contributed by atoms with Gasteiger partial charge in [0.05, 0.1) is 13.0 Å². The van der Waals surface area contributed by atoms with Crippen molar-refractivity contribution in [1.82, 2.24) is 0 Å². The van der Waals surface area contributed by atoms with Crippen molar-refractivity contribution in [3.05, 3.63) is 58.1 Å². The summed E-state index contributed by atoms with van der Waals surface area (Å²) in [6, 6.07) is 13.1. The number of carbonyl (C=O) groups excluding carboxylic acids is 2. The molecular formula is C20H22BrNO4. The molecule has 1 amide bonds. The molecule has 138 valence electrons. The van der Waals surface area contributed by atoms with E-state index >= 15 is 0 Å². The molecule has 1 atom stereocenters. The van der Waals surface area contributed by atoms with Crippen LogP contribution in [0, 0.1) is 13.8 Å².